The molecule has 116 valence electrons. The average Bonchev–Trinajstić information content (AvgIpc) is 3.01. The number of anilines is 1. The van der Waals surface area contributed by atoms with Crippen LogP contribution in [0.1, 0.15) is 10.5 Å². The van der Waals surface area contributed by atoms with Gasteiger partial charge in [-0.25, -0.2) is 4.79 Å². The maximum absolute atomic E-state index is 11.8. The maximum atomic E-state index is 11.8. The second-order valence-corrected chi connectivity index (χ2v) is 4.75. The Bertz CT molecular complexity index is 828. The van der Waals surface area contributed by atoms with E-state index in [4.69, 9.17) is 15.2 Å². The Kier molecular flexibility index (Phi) is 3.97. The standard InChI is InChI=1S/C17H15N3O3/c1-22-17(21)14-11-16(23-15-10-6-5-9-13(15)18)20(19-14)12-7-3-2-4-8-12/h2-11H,18H2,1H3. The van der Waals surface area contributed by atoms with Gasteiger partial charge in [-0.15, -0.1) is 0 Å². The average molecular weight is 309 g/mol. The molecule has 1 heterocycles. The molecule has 2 aromatic carbocycles. The summed E-state index contributed by atoms with van der Waals surface area (Å²) in [6.45, 7) is 0. The van der Waals surface area contributed by atoms with Crippen molar-refractivity contribution in [1.29, 1.82) is 0 Å². The molecule has 0 aliphatic carbocycles. The van der Waals surface area contributed by atoms with Gasteiger partial charge in [-0.2, -0.15) is 9.78 Å². The summed E-state index contributed by atoms with van der Waals surface area (Å²) in [7, 11) is 1.31. The summed E-state index contributed by atoms with van der Waals surface area (Å²) in [6, 6.07) is 18.0. The zero-order chi connectivity index (χ0) is 16.2. The molecule has 6 heteroatoms. The van der Waals surface area contributed by atoms with Crippen LogP contribution in [-0.4, -0.2) is 22.9 Å². The normalized spacial score (nSPS) is 10.3. The number of hydrogen-bond acceptors (Lipinski definition) is 5. The van der Waals surface area contributed by atoms with Crippen molar-refractivity contribution >= 4 is 11.7 Å². The number of nitrogens with two attached hydrogens (primary N) is 1. The van der Waals surface area contributed by atoms with Crippen LogP contribution < -0.4 is 10.5 Å². The van der Waals surface area contributed by atoms with Gasteiger partial charge in [-0.3, -0.25) is 0 Å². The molecule has 0 bridgehead atoms. The third kappa shape index (κ3) is 3.01. The number of hydrogen-bond donors (Lipinski definition) is 1. The second kappa shape index (κ2) is 6.23. The summed E-state index contributed by atoms with van der Waals surface area (Å²) >= 11 is 0. The first kappa shape index (κ1) is 14.6. The van der Waals surface area contributed by atoms with Gasteiger partial charge in [-0.1, -0.05) is 30.3 Å². The molecule has 23 heavy (non-hydrogen) atoms. The topological polar surface area (TPSA) is 79.4 Å². The molecule has 0 fully saturated rings. The van der Waals surface area contributed by atoms with Gasteiger partial charge in [0.1, 0.15) is 0 Å². The highest BCUT2D eigenvalue weighted by Gasteiger charge is 2.18. The Morgan fingerprint density at radius 1 is 1.09 bits per heavy atom. The fourth-order valence-electron chi connectivity index (χ4n) is 2.08. The fraction of sp³-hybridized carbons (Fsp3) is 0.0588. The van der Waals surface area contributed by atoms with Gasteiger partial charge in [0.05, 0.1) is 18.5 Å². The number of methoxy groups -OCH3 is 1. The number of ether oxygens (including phenoxy) is 2. The molecule has 0 spiro atoms. The predicted molar refractivity (Wildman–Crippen MR) is 85.8 cm³/mol. The predicted octanol–water partition coefficient (Wildman–Crippen LogP) is 3.03. The largest absolute Gasteiger partial charge is 0.464 e. The van der Waals surface area contributed by atoms with Crippen molar-refractivity contribution in [2.45, 2.75) is 0 Å². The first-order valence-electron chi connectivity index (χ1n) is 6.95. The highest BCUT2D eigenvalue weighted by molar-refractivity contribution is 5.87. The number of para-hydroxylation sites is 3. The molecule has 0 saturated carbocycles. The number of benzene rings is 2. The third-order valence-corrected chi connectivity index (χ3v) is 3.21. The van der Waals surface area contributed by atoms with Crippen LogP contribution in [0.25, 0.3) is 5.69 Å². The summed E-state index contributed by atoms with van der Waals surface area (Å²) in [6.07, 6.45) is 0. The zero-order valence-corrected chi connectivity index (χ0v) is 12.5. The van der Waals surface area contributed by atoms with E-state index in [1.54, 1.807) is 12.1 Å². The first-order valence-corrected chi connectivity index (χ1v) is 6.95. The summed E-state index contributed by atoms with van der Waals surface area (Å²) in [5, 5.41) is 4.25. The number of carbonyl (C=O) groups is 1. The smallest absolute Gasteiger partial charge is 0.358 e. The van der Waals surface area contributed by atoms with Crippen molar-refractivity contribution in [3.05, 3.63) is 66.4 Å². The Morgan fingerprint density at radius 2 is 1.78 bits per heavy atom. The van der Waals surface area contributed by atoms with Crippen LogP contribution in [0.4, 0.5) is 5.69 Å². The molecule has 0 radical (unpaired) electrons. The minimum atomic E-state index is -0.537. The Morgan fingerprint density at radius 3 is 2.48 bits per heavy atom. The summed E-state index contributed by atoms with van der Waals surface area (Å²) in [5.74, 6) is 0.320. The number of esters is 1. The quantitative estimate of drug-likeness (QED) is 0.592. The molecular formula is C17H15N3O3. The van der Waals surface area contributed by atoms with Crippen molar-refractivity contribution in [3.8, 4) is 17.3 Å². The van der Waals surface area contributed by atoms with E-state index in [1.807, 2.05) is 42.5 Å². The molecule has 2 N–H and O–H groups in total. The van der Waals surface area contributed by atoms with Crippen LogP contribution in [0.5, 0.6) is 11.6 Å². The Labute approximate surface area is 133 Å². The van der Waals surface area contributed by atoms with Crippen molar-refractivity contribution < 1.29 is 14.3 Å². The second-order valence-electron chi connectivity index (χ2n) is 4.75. The van der Waals surface area contributed by atoms with Gasteiger partial charge in [0.25, 0.3) is 0 Å². The van der Waals surface area contributed by atoms with Gasteiger partial charge >= 0.3 is 5.97 Å². The number of rotatable bonds is 4. The van der Waals surface area contributed by atoms with Crippen molar-refractivity contribution in [3.63, 3.8) is 0 Å². The number of nitrogen functional groups attached to an aromatic ring is 1. The summed E-state index contributed by atoms with van der Waals surface area (Å²) in [5.41, 5.74) is 7.31. The Hall–Kier alpha value is -3.28. The van der Waals surface area contributed by atoms with E-state index in [-0.39, 0.29) is 5.69 Å². The van der Waals surface area contributed by atoms with E-state index in [9.17, 15) is 4.79 Å². The monoisotopic (exact) mass is 309 g/mol. The van der Waals surface area contributed by atoms with Gasteiger partial charge in [0.2, 0.25) is 5.88 Å². The van der Waals surface area contributed by atoms with E-state index >= 15 is 0 Å². The zero-order valence-electron chi connectivity index (χ0n) is 12.5. The highest BCUT2D eigenvalue weighted by atomic mass is 16.5. The van der Waals surface area contributed by atoms with E-state index < -0.39 is 5.97 Å². The lowest BCUT2D eigenvalue weighted by molar-refractivity contribution is 0.0593. The molecule has 0 atom stereocenters. The summed E-state index contributed by atoms with van der Waals surface area (Å²) in [4.78, 5) is 11.8. The van der Waals surface area contributed by atoms with E-state index in [0.717, 1.165) is 5.69 Å². The van der Waals surface area contributed by atoms with E-state index in [1.165, 1.54) is 17.9 Å². The molecule has 1 aromatic heterocycles. The third-order valence-electron chi connectivity index (χ3n) is 3.21. The molecule has 0 saturated heterocycles. The molecule has 0 aliphatic rings. The number of aromatic nitrogens is 2. The SMILES string of the molecule is COC(=O)c1cc(Oc2ccccc2N)n(-c2ccccc2)n1. The van der Waals surface area contributed by atoms with Crippen LogP contribution in [-0.2, 0) is 4.74 Å². The summed E-state index contributed by atoms with van der Waals surface area (Å²) < 4.78 is 12.1. The highest BCUT2D eigenvalue weighted by Crippen LogP contribution is 2.29. The molecular weight excluding hydrogens is 294 g/mol. The van der Waals surface area contributed by atoms with Crippen LogP contribution in [0.15, 0.2) is 60.7 Å². The number of nitrogens with zero attached hydrogens (tertiary/aromatic N) is 2. The van der Waals surface area contributed by atoms with Crippen molar-refractivity contribution in [2.75, 3.05) is 12.8 Å². The molecule has 6 nitrogen and oxygen atoms in total. The van der Waals surface area contributed by atoms with Gasteiger partial charge in [0.15, 0.2) is 11.4 Å². The molecule has 0 unspecified atom stereocenters. The van der Waals surface area contributed by atoms with Crippen molar-refractivity contribution in [1.82, 2.24) is 9.78 Å². The lowest BCUT2D eigenvalue weighted by Crippen LogP contribution is -2.04. The van der Waals surface area contributed by atoms with Gasteiger partial charge < -0.3 is 15.2 Å². The molecule has 0 amide bonds. The van der Waals surface area contributed by atoms with Crippen molar-refractivity contribution in [2.24, 2.45) is 0 Å². The Balaban J connectivity index is 2.06. The van der Waals surface area contributed by atoms with Crippen LogP contribution >= 0.6 is 0 Å². The molecule has 3 aromatic rings. The maximum Gasteiger partial charge on any atom is 0.358 e. The fourth-order valence-corrected chi connectivity index (χ4v) is 2.08. The molecule has 3 rings (SSSR count). The first-order chi connectivity index (χ1) is 11.2. The van der Waals surface area contributed by atoms with Crippen LogP contribution in [0.3, 0.4) is 0 Å². The van der Waals surface area contributed by atoms with Gasteiger partial charge in [0, 0.05) is 6.07 Å². The van der Waals surface area contributed by atoms with Crippen LogP contribution in [0, 0.1) is 0 Å². The number of carbonyl (C=O) groups excluding carboxylic acids is 1. The van der Waals surface area contributed by atoms with Gasteiger partial charge in [-0.05, 0) is 24.3 Å². The lowest BCUT2D eigenvalue weighted by atomic mass is 10.3. The van der Waals surface area contributed by atoms with Crippen LogP contribution in [0.2, 0.25) is 0 Å². The molecule has 0 aliphatic heterocycles. The van der Waals surface area contributed by atoms with E-state index in [2.05, 4.69) is 5.10 Å². The van der Waals surface area contributed by atoms with E-state index in [0.29, 0.717) is 17.3 Å². The minimum Gasteiger partial charge on any atom is -0.464 e. The minimum absolute atomic E-state index is 0.154. The lowest BCUT2D eigenvalue weighted by Gasteiger charge is -2.10.